The zero-order chi connectivity index (χ0) is 5.28. The minimum Gasteiger partial charge on any atom is -0.371 e. The van der Waals surface area contributed by atoms with Crippen LogP contribution in [0, 0.1) is 0 Å². The fourth-order valence-corrected chi connectivity index (χ4v) is 0.430. The number of rotatable bonds is 2. The van der Waals surface area contributed by atoms with Crippen LogP contribution in [-0.2, 0) is 4.74 Å². The van der Waals surface area contributed by atoms with Gasteiger partial charge in [0.25, 0.3) is 0 Å². The summed E-state index contributed by atoms with van der Waals surface area (Å²) < 4.78 is 4.86. The molecule has 1 aliphatic heterocycles. The molecule has 1 saturated heterocycles. The molecule has 2 atom stereocenters. The van der Waals surface area contributed by atoms with Gasteiger partial charge in [-0.3, -0.25) is 0 Å². The van der Waals surface area contributed by atoms with Crippen molar-refractivity contribution >= 4 is 0 Å². The van der Waals surface area contributed by atoms with Crippen LogP contribution in [0.1, 0.15) is 0 Å². The molecule has 0 spiro atoms. The molecular weight excluding hydrogens is 90.1 g/mol. The van der Waals surface area contributed by atoms with Crippen molar-refractivity contribution in [1.82, 2.24) is 0 Å². The average molecular weight is 99.1 g/mol. The molecule has 0 bridgehead atoms. The third-order valence-corrected chi connectivity index (χ3v) is 1.06. The first kappa shape index (κ1) is 4.81. The second kappa shape index (κ2) is 1.64. The highest BCUT2D eigenvalue weighted by atomic mass is 16.6. The number of hydrogen-bond acceptors (Lipinski definition) is 2. The van der Waals surface area contributed by atoms with Gasteiger partial charge in [-0.05, 0) is 0 Å². The summed E-state index contributed by atoms with van der Waals surface area (Å²) in [6.45, 7) is 4.33. The maximum atomic E-state index is 5.44. The zero-order valence-electron chi connectivity index (χ0n) is 4.13. The number of epoxide rings is 1. The molecular formula is C5H9NO. The van der Waals surface area contributed by atoms with Crippen LogP contribution in [0.25, 0.3) is 0 Å². The van der Waals surface area contributed by atoms with Crippen molar-refractivity contribution in [3.8, 4) is 0 Å². The first-order chi connectivity index (χ1) is 3.34. The van der Waals surface area contributed by atoms with E-state index in [2.05, 4.69) is 6.58 Å². The van der Waals surface area contributed by atoms with E-state index in [0.717, 1.165) is 6.61 Å². The van der Waals surface area contributed by atoms with Gasteiger partial charge in [0, 0.05) is 0 Å². The van der Waals surface area contributed by atoms with Gasteiger partial charge in [0.2, 0.25) is 0 Å². The topological polar surface area (TPSA) is 38.5 Å². The van der Waals surface area contributed by atoms with Gasteiger partial charge in [0.15, 0.2) is 0 Å². The molecule has 1 heterocycles. The quantitative estimate of drug-likeness (QED) is 0.388. The van der Waals surface area contributed by atoms with Gasteiger partial charge in [-0.1, -0.05) is 6.08 Å². The highest BCUT2D eigenvalue weighted by Crippen LogP contribution is 2.11. The van der Waals surface area contributed by atoms with Crippen molar-refractivity contribution < 1.29 is 4.74 Å². The Bertz CT molecular complexity index is 78.1. The van der Waals surface area contributed by atoms with Gasteiger partial charge in [-0.15, -0.1) is 6.58 Å². The molecule has 0 saturated carbocycles. The molecule has 2 unspecified atom stereocenters. The summed E-state index contributed by atoms with van der Waals surface area (Å²) in [5.74, 6) is 0. The summed E-state index contributed by atoms with van der Waals surface area (Å²) in [6.07, 6.45) is 1.98. The van der Waals surface area contributed by atoms with Crippen molar-refractivity contribution in [2.45, 2.75) is 12.1 Å². The maximum Gasteiger partial charge on any atom is 0.0995 e. The van der Waals surface area contributed by atoms with Gasteiger partial charge in [-0.25, -0.2) is 0 Å². The van der Waals surface area contributed by atoms with Crippen molar-refractivity contribution in [3.05, 3.63) is 12.7 Å². The van der Waals surface area contributed by atoms with Crippen molar-refractivity contribution in [2.24, 2.45) is 5.73 Å². The van der Waals surface area contributed by atoms with Crippen LogP contribution in [0.15, 0.2) is 12.7 Å². The summed E-state index contributed by atoms with van der Waals surface area (Å²) in [4.78, 5) is 0. The number of nitrogens with two attached hydrogens (primary N) is 1. The smallest absolute Gasteiger partial charge is 0.0995 e. The highest BCUT2D eigenvalue weighted by molar-refractivity contribution is 4.94. The van der Waals surface area contributed by atoms with Gasteiger partial charge < -0.3 is 10.5 Å². The van der Waals surface area contributed by atoms with Gasteiger partial charge in [0.05, 0.1) is 18.8 Å². The lowest BCUT2D eigenvalue weighted by atomic mass is 10.2. The third-order valence-electron chi connectivity index (χ3n) is 1.06. The van der Waals surface area contributed by atoms with Crippen LogP contribution in [0.4, 0.5) is 0 Å². The monoisotopic (exact) mass is 99.1 g/mol. The molecule has 0 aliphatic carbocycles. The molecule has 2 heteroatoms. The standard InChI is InChI=1S/C5H9NO/c1-2-4(6)5-3-7-5/h2,4-5H,1,3,6H2. The van der Waals surface area contributed by atoms with Crippen LogP contribution in [0.3, 0.4) is 0 Å². The molecule has 1 fully saturated rings. The van der Waals surface area contributed by atoms with Crippen molar-refractivity contribution in [3.63, 3.8) is 0 Å². The minimum atomic E-state index is 0.0556. The van der Waals surface area contributed by atoms with Crippen molar-refractivity contribution in [1.29, 1.82) is 0 Å². The lowest BCUT2D eigenvalue weighted by Crippen LogP contribution is -2.22. The second-order valence-electron chi connectivity index (χ2n) is 1.68. The molecule has 0 aromatic rings. The third kappa shape index (κ3) is 1.01. The van der Waals surface area contributed by atoms with E-state index in [9.17, 15) is 0 Å². The lowest BCUT2D eigenvalue weighted by molar-refractivity contribution is 0.392. The molecule has 0 amide bonds. The van der Waals surface area contributed by atoms with Gasteiger partial charge >= 0.3 is 0 Å². The Kier molecular flexibility index (Phi) is 1.13. The first-order valence-electron chi connectivity index (χ1n) is 2.34. The highest BCUT2D eigenvalue weighted by Gasteiger charge is 2.27. The molecule has 0 aromatic carbocycles. The van der Waals surface area contributed by atoms with E-state index in [0.29, 0.717) is 0 Å². The largest absolute Gasteiger partial charge is 0.371 e. The van der Waals surface area contributed by atoms with Gasteiger partial charge in [-0.2, -0.15) is 0 Å². The van der Waals surface area contributed by atoms with E-state index in [1.54, 1.807) is 6.08 Å². The summed E-state index contributed by atoms with van der Waals surface area (Å²) in [5, 5.41) is 0. The predicted octanol–water partition coefficient (Wildman–Crippen LogP) is -0.102. The number of ether oxygens (including phenoxy) is 1. The van der Waals surface area contributed by atoms with Crippen LogP contribution in [0.5, 0.6) is 0 Å². The Hall–Kier alpha value is -0.340. The summed E-state index contributed by atoms with van der Waals surface area (Å²) in [7, 11) is 0. The van der Waals surface area contributed by atoms with E-state index < -0.39 is 0 Å². The maximum absolute atomic E-state index is 5.44. The SMILES string of the molecule is C=CC(N)C1CO1. The zero-order valence-corrected chi connectivity index (χ0v) is 4.13. The van der Waals surface area contributed by atoms with E-state index in [1.807, 2.05) is 0 Å². The van der Waals surface area contributed by atoms with Crippen LogP contribution >= 0.6 is 0 Å². The Labute approximate surface area is 43.0 Å². The van der Waals surface area contributed by atoms with Crippen LogP contribution in [0.2, 0.25) is 0 Å². The summed E-state index contributed by atoms with van der Waals surface area (Å²) >= 11 is 0. The first-order valence-corrected chi connectivity index (χ1v) is 2.34. The molecule has 2 N–H and O–H groups in total. The molecule has 40 valence electrons. The average Bonchev–Trinajstić information content (AvgIpc) is 2.44. The lowest BCUT2D eigenvalue weighted by Gasteiger charge is -1.95. The Morgan fingerprint density at radius 1 is 2.00 bits per heavy atom. The summed E-state index contributed by atoms with van der Waals surface area (Å²) in [5.41, 5.74) is 5.44. The van der Waals surface area contributed by atoms with E-state index in [4.69, 9.17) is 10.5 Å². The fraction of sp³-hybridized carbons (Fsp3) is 0.600. The van der Waals surface area contributed by atoms with E-state index in [-0.39, 0.29) is 12.1 Å². The molecule has 0 aromatic heterocycles. The van der Waals surface area contributed by atoms with Crippen LogP contribution in [-0.4, -0.2) is 18.8 Å². The fourth-order valence-electron chi connectivity index (χ4n) is 0.430. The van der Waals surface area contributed by atoms with E-state index >= 15 is 0 Å². The van der Waals surface area contributed by atoms with Crippen molar-refractivity contribution in [2.75, 3.05) is 6.61 Å². The predicted molar refractivity (Wildman–Crippen MR) is 27.9 cm³/mol. The molecule has 0 radical (unpaired) electrons. The number of hydrogen-bond donors (Lipinski definition) is 1. The molecule has 1 rings (SSSR count). The Morgan fingerprint density at radius 2 is 2.57 bits per heavy atom. The molecule has 2 nitrogen and oxygen atoms in total. The normalized spacial score (nSPS) is 31.9. The van der Waals surface area contributed by atoms with Gasteiger partial charge in [0.1, 0.15) is 0 Å². The Morgan fingerprint density at radius 3 is 2.71 bits per heavy atom. The molecule has 1 aliphatic rings. The summed E-state index contributed by atoms with van der Waals surface area (Å²) in [6, 6.07) is 0.0556. The van der Waals surface area contributed by atoms with Crippen LogP contribution < -0.4 is 5.73 Å². The minimum absolute atomic E-state index is 0.0556. The second-order valence-corrected chi connectivity index (χ2v) is 1.68. The van der Waals surface area contributed by atoms with E-state index in [1.165, 1.54) is 0 Å². The Balaban J connectivity index is 2.22. The molecule has 7 heavy (non-hydrogen) atoms.